The van der Waals surface area contributed by atoms with Crippen LogP contribution in [0.2, 0.25) is 0 Å². The molecule has 0 aliphatic carbocycles. The molecule has 0 aliphatic rings. The molecule has 2 aromatic carbocycles. The van der Waals surface area contributed by atoms with Gasteiger partial charge in [0.05, 0.1) is 24.8 Å². The molecule has 2 N–H and O–H groups in total. The molecule has 29 heavy (non-hydrogen) atoms. The predicted octanol–water partition coefficient (Wildman–Crippen LogP) is 3.11. The second-order valence-corrected chi connectivity index (χ2v) is 8.16. The highest BCUT2D eigenvalue weighted by Crippen LogP contribution is 2.36. The van der Waals surface area contributed by atoms with Crippen LogP contribution in [-0.4, -0.2) is 33.2 Å². The number of primary sulfonamides is 1. The topological polar surface area (TPSA) is 101 Å². The first-order chi connectivity index (χ1) is 13.7. The molecule has 0 unspecified atom stereocenters. The van der Waals surface area contributed by atoms with Crippen molar-refractivity contribution in [3.63, 3.8) is 0 Å². The summed E-state index contributed by atoms with van der Waals surface area (Å²) in [6.07, 6.45) is 0. The van der Waals surface area contributed by atoms with Crippen LogP contribution in [0.25, 0.3) is 22.4 Å². The SMILES string of the molecule is COC(=O)c1cc(C)c(-c2ccc(OC)c(-c3ccc(S(N)(=O)=O)cc3)c2)n1C. The van der Waals surface area contributed by atoms with Crippen molar-refractivity contribution in [3.05, 3.63) is 59.8 Å². The summed E-state index contributed by atoms with van der Waals surface area (Å²) < 4.78 is 35.1. The molecule has 0 radical (unpaired) electrons. The van der Waals surface area contributed by atoms with Gasteiger partial charge in [0.2, 0.25) is 10.0 Å². The molecule has 3 aromatic rings. The van der Waals surface area contributed by atoms with Gasteiger partial charge in [-0.25, -0.2) is 18.4 Å². The number of ether oxygens (including phenoxy) is 2. The van der Waals surface area contributed by atoms with Crippen molar-refractivity contribution in [1.29, 1.82) is 0 Å². The van der Waals surface area contributed by atoms with Gasteiger partial charge in [-0.1, -0.05) is 12.1 Å². The van der Waals surface area contributed by atoms with Crippen molar-refractivity contribution in [2.75, 3.05) is 14.2 Å². The Morgan fingerprint density at radius 3 is 2.17 bits per heavy atom. The second-order valence-electron chi connectivity index (χ2n) is 6.60. The predicted molar refractivity (Wildman–Crippen MR) is 110 cm³/mol. The smallest absolute Gasteiger partial charge is 0.354 e. The van der Waals surface area contributed by atoms with Crippen molar-refractivity contribution >= 4 is 16.0 Å². The highest BCUT2D eigenvalue weighted by atomic mass is 32.2. The number of nitrogens with zero attached hydrogens (tertiary/aromatic N) is 1. The maximum Gasteiger partial charge on any atom is 0.354 e. The van der Waals surface area contributed by atoms with E-state index >= 15 is 0 Å². The van der Waals surface area contributed by atoms with Crippen molar-refractivity contribution < 1.29 is 22.7 Å². The molecule has 7 nitrogen and oxygen atoms in total. The molecule has 3 rings (SSSR count). The fraction of sp³-hybridized carbons (Fsp3) is 0.190. The molecule has 0 spiro atoms. The minimum atomic E-state index is -3.77. The van der Waals surface area contributed by atoms with Crippen LogP contribution in [0.1, 0.15) is 16.1 Å². The number of hydrogen-bond acceptors (Lipinski definition) is 5. The average molecular weight is 414 g/mol. The number of carbonyl (C=O) groups excluding carboxylic acids is 1. The number of esters is 1. The summed E-state index contributed by atoms with van der Waals surface area (Å²) in [4.78, 5) is 12.0. The number of methoxy groups -OCH3 is 2. The van der Waals surface area contributed by atoms with Crippen molar-refractivity contribution in [2.45, 2.75) is 11.8 Å². The first-order valence-electron chi connectivity index (χ1n) is 8.73. The van der Waals surface area contributed by atoms with Crippen molar-refractivity contribution in [1.82, 2.24) is 4.57 Å². The van der Waals surface area contributed by atoms with E-state index < -0.39 is 16.0 Å². The maximum atomic E-state index is 12.0. The minimum Gasteiger partial charge on any atom is -0.496 e. The Morgan fingerprint density at radius 2 is 1.62 bits per heavy atom. The molecule has 0 saturated heterocycles. The van der Waals surface area contributed by atoms with Crippen LogP contribution in [0.4, 0.5) is 0 Å². The Labute approximate surface area is 169 Å². The van der Waals surface area contributed by atoms with E-state index in [1.54, 1.807) is 36.9 Å². The number of sulfonamides is 1. The normalized spacial score (nSPS) is 11.3. The molecular weight excluding hydrogens is 392 g/mol. The van der Waals surface area contributed by atoms with Crippen molar-refractivity contribution in [3.8, 4) is 28.1 Å². The lowest BCUT2D eigenvalue weighted by molar-refractivity contribution is 0.0590. The fourth-order valence-electron chi connectivity index (χ4n) is 3.38. The van der Waals surface area contributed by atoms with Crippen LogP contribution in [-0.2, 0) is 21.8 Å². The molecular formula is C21H22N2O5S. The number of nitrogens with two attached hydrogens (primary N) is 1. The lowest BCUT2D eigenvalue weighted by Crippen LogP contribution is -2.11. The van der Waals surface area contributed by atoms with Gasteiger partial charge in [0.25, 0.3) is 0 Å². The van der Waals surface area contributed by atoms with Crippen LogP contribution in [0, 0.1) is 6.92 Å². The molecule has 0 amide bonds. The van der Waals surface area contributed by atoms with Crippen LogP contribution in [0.3, 0.4) is 0 Å². The zero-order chi connectivity index (χ0) is 21.3. The van der Waals surface area contributed by atoms with E-state index in [0.717, 1.165) is 27.9 Å². The minimum absolute atomic E-state index is 0.0392. The molecule has 1 aromatic heterocycles. The number of aryl methyl sites for hydroxylation is 1. The van der Waals surface area contributed by atoms with Gasteiger partial charge in [-0.05, 0) is 60.0 Å². The lowest BCUT2D eigenvalue weighted by Gasteiger charge is -2.13. The Hall–Kier alpha value is -3.10. The van der Waals surface area contributed by atoms with E-state index in [9.17, 15) is 13.2 Å². The van der Waals surface area contributed by atoms with Gasteiger partial charge in [0.15, 0.2) is 0 Å². The van der Waals surface area contributed by atoms with Crippen LogP contribution in [0.15, 0.2) is 53.4 Å². The van der Waals surface area contributed by atoms with Gasteiger partial charge < -0.3 is 14.0 Å². The van der Waals surface area contributed by atoms with Gasteiger partial charge in [-0.15, -0.1) is 0 Å². The third kappa shape index (κ3) is 3.90. The molecule has 0 aliphatic heterocycles. The van der Waals surface area contributed by atoms with Gasteiger partial charge in [0.1, 0.15) is 11.4 Å². The van der Waals surface area contributed by atoms with E-state index in [-0.39, 0.29) is 4.90 Å². The third-order valence-corrected chi connectivity index (χ3v) is 5.71. The largest absolute Gasteiger partial charge is 0.496 e. The lowest BCUT2D eigenvalue weighted by atomic mass is 9.99. The summed E-state index contributed by atoms with van der Waals surface area (Å²) in [6, 6.07) is 13.7. The zero-order valence-corrected chi connectivity index (χ0v) is 17.4. The molecule has 0 bridgehead atoms. The molecule has 0 fully saturated rings. The quantitative estimate of drug-likeness (QED) is 0.647. The highest BCUT2D eigenvalue weighted by Gasteiger charge is 2.19. The first-order valence-corrected chi connectivity index (χ1v) is 10.3. The fourth-order valence-corrected chi connectivity index (χ4v) is 3.90. The molecule has 8 heteroatoms. The Morgan fingerprint density at radius 1 is 1.00 bits per heavy atom. The third-order valence-electron chi connectivity index (χ3n) is 4.78. The molecule has 1 heterocycles. The highest BCUT2D eigenvalue weighted by molar-refractivity contribution is 7.89. The van der Waals surface area contributed by atoms with Gasteiger partial charge in [0, 0.05) is 12.6 Å². The van der Waals surface area contributed by atoms with E-state index in [2.05, 4.69) is 0 Å². The molecule has 152 valence electrons. The summed E-state index contributed by atoms with van der Waals surface area (Å²) in [7, 11) is 0.957. The first kappa shape index (κ1) is 20.6. The van der Waals surface area contributed by atoms with E-state index in [0.29, 0.717) is 11.4 Å². The number of benzene rings is 2. The summed E-state index contributed by atoms with van der Waals surface area (Å²) >= 11 is 0. The summed E-state index contributed by atoms with van der Waals surface area (Å²) in [5, 5.41) is 5.18. The van der Waals surface area contributed by atoms with Gasteiger partial charge in [-0.2, -0.15) is 0 Å². The van der Waals surface area contributed by atoms with Gasteiger partial charge >= 0.3 is 5.97 Å². The molecule has 0 atom stereocenters. The number of rotatable bonds is 5. The maximum absolute atomic E-state index is 12.0. The van der Waals surface area contributed by atoms with E-state index in [1.807, 2.05) is 25.1 Å². The Bertz CT molecular complexity index is 1180. The number of aromatic nitrogens is 1. The second kappa shape index (κ2) is 7.73. The summed E-state index contributed by atoms with van der Waals surface area (Å²) in [5.41, 5.74) is 4.69. The van der Waals surface area contributed by atoms with E-state index in [1.165, 1.54) is 19.2 Å². The average Bonchev–Trinajstić information content (AvgIpc) is 3.00. The van der Waals surface area contributed by atoms with Crippen LogP contribution in [0.5, 0.6) is 5.75 Å². The van der Waals surface area contributed by atoms with Crippen LogP contribution < -0.4 is 9.88 Å². The summed E-state index contributed by atoms with van der Waals surface area (Å²) in [5.74, 6) is 0.228. The monoisotopic (exact) mass is 414 g/mol. The van der Waals surface area contributed by atoms with E-state index in [4.69, 9.17) is 14.6 Å². The van der Waals surface area contributed by atoms with Crippen molar-refractivity contribution in [2.24, 2.45) is 12.2 Å². The Kier molecular flexibility index (Phi) is 5.50. The Balaban J connectivity index is 2.14. The number of carbonyl (C=O) groups is 1. The number of hydrogen-bond donors (Lipinski definition) is 1. The standard InChI is InChI=1S/C21H22N2O5S/c1-13-11-18(21(24)28-4)23(2)20(13)15-7-10-19(27-3)17(12-15)14-5-8-16(9-6-14)29(22,25)26/h5-12H,1-4H3,(H2,22,25,26). The zero-order valence-electron chi connectivity index (χ0n) is 16.6. The molecule has 0 saturated carbocycles. The van der Waals surface area contributed by atoms with Crippen LogP contribution >= 0.6 is 0 Å². The summed E-state index contributed by atoms with van der Waals surface area (Å²) in [6.45, 7) is 1.92. The van der Waals surface area contributed by atoms with Gasteiger partial charge in [-0.3, -0.25) is 0 Å².